The van der Waals surface area contributed by atoms with E-state index in [1.807, 2.05) is 18.2 Å². The van der Waals surface area contributed by atoms with Gasteiger partial charge in [-0.15, -0.1) is 0 Å². The van der Waals surface area contributed by atoms with Crippen molar-refractivity contribution in [2.75, 3.05) is 51.6 Å². The molecule has 0 unspecified atom stereocenters. The summed E-state index contributed by atoms with van der Waals surface area (Å²) in [4.78, 5) is 28.1. The average Bonchev–Trinajstić information content (AvgIpc) is 2.54. The molecule has 2 rings (SSSR count). The number of nitrogens with zero attached hydrogens (tertiary/aromatic N) is 2. The highest BCUT2D eigenvalue weighted by atomic mass is 16.2. The molecular weight excluding hydrogens is 280 g/mol. The van der Waals surface area contributed by atoms with Crippen molar-refractivity contribution >= 4 is 17.5 Å². The van der Waals surface area contributed by atoms with Crippen molar-refractivity contribution in [3.8, 4) is 0 Å². The fraction of sp³-hybridized carbons (Fsp3) is 0.500. The maximum Gasteiger partial charge on any atom is 0.313 e. The van der Waals surface area contributed by atoms with Crippen molar-refractivity contribution in [1.29, 1.82) is 0 Å². The predicted octanol–water partition coefficient (Wildman–Crippen LogP) is 0.379. The van der Waals surface area contributed by atoms with Crippen LogP contribution in [0.5, 0.6) is 0 Å². The molecule has 0 saturated carbocycles. The Morgan fingerprint density at radius 3 is 2.41 bits per heavy atom. The Balaban J connectivity index is 1.60. The number of para-hydroxylation sites is 1. The number of likely N-dealkylation sites (N-methyl/N-ethyl adjacent to an activating group) is 1. The summed E-state index contributed by atoms with van der Waals surface area (Å²) < 4.78 is 0. The molecule has 1 heterocycles. The summed E-state index contributed by atoms with van der Waals surface area (Å²) in [7, 11) is 2.13. The fourth-order valence-electron chi connectivity index (χ4n) is 2.37. The van der Waals surface area contributed by atoms with Crippen LogP contribution < -0.4 is 10.6 Å². The minimum absolute atomic E-state index is 0.521. The Labute approximate surface area is 131 Å². The lowest BCUT2D eigenvalue weighted by Gasteiger charge is -2.32. The zero-order valence-electron chi connectivity index (χ0n) is 13.0. The van der Waals surface area contributed by atoms with Crippen LogP contribution in [0.4, 0.5) is 5.69 Å². The second kappa shape index (κ2) is 8.51. The fourth-order valence-corrected chi connectivity index (χ4v) is 2.37. The number of carbonyl (C=O) groups is 2. The highest BCUT2D eigenvalue weighted by Crippen LogP contribution is 2.04. The molecule has 2 amide bonds. The third-order valence-corrected chi connectivity index (χ3v) is 3.77. The Hall–Kier alpha value is -1.92. The van der Waals surface area contributed by atoms with Crippen molar-refractivity contribution in [3.63, 3.8) is 0 Å². The van der Waals surface area contributed by atoms with Gasteiger partial charge in [0.25, 0.3) is 0 Å². The summed E-state index contributed by atoms with van der Waals surface area (Å²) in [5, 5.41) is 5.23. The second-order valence-corrected chi connectivity index (χ2v) is 5.57. The molecule has 1 fully saturated rings. The summed E-state index contributed by atoms with van der Waals surface area (Å²) >= 11 is 0. The summed E-state index contributed by atoms with van der Waals surface area (Å²) in [6.45, 7) is 5.79. The van der Waals surface area contributed by atoms with Gasteiger partial charge in [0.15, 0.2) is 0 Å². The van der Waals surface area contributed by atoms with Crippen LogP contribution in [0.15, 0.2) is 30.3 Å². The molecule has 2 N–H and O–H groups in total. The molecule has 6 nitrogen and oxygen atoms in total. The molecule has 1 aliphatic heterocycles. The maximum atomic E-state index is 11.7. The van der Waals surface area contributed by atoms with Crippen LogP contribution >= 0.6 is 0 Å². The highest BCUT2D eigenvalue weighted by molar-refractivity contribution is 6.39. The van der Waals surface area contributed by atoms with Crippen LogP contribution in [0.25, 0.3) is 0 Å². The first kappa shape index (κ1) is 16.5. The van der Waals surface area contributed by atoms with Gasteiger partial charge in [0.05, 0.1) is 0 Å². The molecule has 0 atom stereocenters. The quantitative estimate of drug-likeness (QED) is 0.610. The van der Waals surface area contributed by atoms with Gasteiger partial charge in [0, 0.05) is 38.4 Å². The molecule has 0 radical (unpaired) electrons. The minimum atomic E-state index is -0.620. The summed E-state index contributed by atoms with van der Waals surface area (Å²) in [6.07, 6.45) is 0.855. The molecule has 0 aromatic heterocycles. The molecule has 1 saturated heterocycles. The summed E-state index contributed by atoms with van der Waals surface area (Å²) in [6, 6.07) is 8.97. The zero-order chi connectivity index (χ0) is 15.8. The van der Waals surface area contributed by atoms with E-state index in [1.165, 1.54) is 0 Å². The largest absolute Gasteiger partial charge is 0.348 e. The van der Waals surface area contributed by atoms with Crippen LogP contribution in [0.3, 0.4) is 0 Å². The lowest BCUT2D eigenvalue weighted by Crippen LogP contribution is -2.45. The molecule has 120 valence electrons. The van der Waals surface area contributed by atoms with Gasteiger partial charge in [0.2, 0.25) is 0 Å². The molecule has 1 aromatic rings. The standard InChI is InChI=1S/C16H24N4O2/c1-19-10-12-20(13-11-19)9-5-8-17-15(21)16(22)18-14-6-3-2-4-7-14/h2-4,6-7H,5,8-13H2,1H3,(H,17,21)(H,18,22). The Morgan fingerprint density at radius 1 is 1.05 bits per heavy atom. The van der Waals surface area contributed by atoms with E-state index in [4.69, 9.17) is 0 Å². The van der Waals surface area contributed by atoms with E-state index in [9.17, 15) is 9.59 Å². The lowest BCUT2D eigenvalue weighted by molar-refractivity contribution is -0.136. The van der Waals surface area contributed by atoms with E-state index in [0.29, 0.717) is 12.2 Å². The second-order valence-electron chi connectivity index (χ2n) is 5.57. The van der Waals surface area contributed by atoms with E-state index in [-0.39, 0.29) is 0 Å². The van der Waals surface area contributed by atoms with Crippen LogP contribution in [-0.2, 0) is 9.59 Å². The van der Waals surface area contributed by atoms with Crippen molar-refractivity contribution in [1.82, 2.24) is 15.1 Å². The Bertz CT molecular complexity index is 484. The summed E-state index contributed by atoms with van der Waals surface area (Å²) in [5.74, 6) is -1.20. The van der Waals surface area contributed by atoms with Gasteiger partial charge in [-0.1, -0.05) is 18.2 Å². The topological polar surface area (TPSA) is 64.7 Å². The zero-order valence-corrected chi connectivity index (χ0v) is 13.0. The smallest absolute Gasteiger partial charge is 0.313 e. The molecule has 0 spiro atoms. The molecule has 1 aliphatic rings. The van der Waals surface area contributed by atoms with E-state index in [1.54, 1.807) is 12.1 Å². The molecule has 0 aliphatic carbocycles. The normalized spacial score (nSPS) is 16.2. The Kier molecular flexibility index (Phi) is 6.36. The van der Waals surface area contributed by atoms with Gasteiger partial charge in [-0.25, -0.2) is 0 Å². The number of nitrogens with one attached hydrogen (secondary N) is 2. The maximum absolute atomic E-state index is 11.7. The molecule has 6 heteroatoms. The number of carbonyl (C=O) groups excluding carboxylic acids is 2. The highest BCUT2D eigenvalue weighted by Gasteiger charge is 2.15. The molecular formula is C16H24N4O2. The number of hydrogen-bond donors (Lipinski definition) is 2. The molecule has 22 heavy (non-hydrogen) atoms. The molecule has 1 aromatic carbocycles. The number of piperazine rings is 1. The van der Waals surface area contributed by atoms with Crippen molar-refractivity contribution in [2.24, 2.45) is 0 Å². The summed E-state index contributed by atoms with van der Waals surface area (Å²) in [5.41, 5.74) is 0.625. The van der Waals surface area contributed by atoms with E-state index in [0.717, 1.165) is 39.1 Å². The number of rotatable bonds is 5. The van der Waals surface area contributed by atoms with Crippen LogP contribution in [0.1, 0.15) is 6.42 Å². The van der Waals surface area contributed by atoms with Gasteiger partial charge in [-0.05, 0) is 32.1 Å². The Morgan fingerprint density at radius 2 is 1.73 bits per heavy atom. The predicted molar refractivity (Wildman–Crippen MR) is 86.6 cm³/mol. The van der Waals surface area contributed by atoms with E-state index < -0.39 is 11.8 Å². The first-order chi connectivity index (χ1) is 10.6. The van der Waals surface area contributed by atoms with E-state index >= 15 is 0 Å². The number of anilines is 1. The molecule has 0 bridgehead atoms. The number of hydrogen-bond acceptors (Lipinski definition) is 4. The van der Waals surface area contributed by atoms with Crippen LogP contribution in [-0.4, -0.2) is 67.9 Å². The number of amides is 2. The van der Waals surface area contributed by atoms with Crippen molar-refractivity contribution in [2.45, 2.75) is 6.42 Å². The van der Waals surface area contributed by atoms with Crippen molar-refractivity contribution in [3.05, 3.63) is 30.3 Å². The van der Waals surface area contributed by atoms with Gasteiger partial charge in [-0.2, -0.15) is 0 Å². The minimum Gasteiger partial charge on any atom is -0.348 e. The van der Waals surface area contributed by atoms with Crippen LogP contribution in [0.2, 0.25) is 0 Å². The lowest BCUT2D eigenvalue weighted by atomic mass is 10.3. The van der Waals surface area contributed by atoms with Crippen LogP contribution in [0, 0.1) is 0 Å². The van der Waals surface area contributed by atoms with E-state index in [2.05, 4.69) is 27.5 Å². The first-order valence-electron chi connectivity index (χ1n) is 7.70. The van der Waals surface area contributed by atoms with Gasteiger partial charge < -0.3 is 20.4 Å². The first-order valence-corrected chi connectivity index (χ1v) is 7.70. The van der Waals surface area contributed by atoms with Gasteiger partial charge >= 0.3 is 11.8 Å². The number of benzene rings is 1. The van der Waals surface area contributed by atoms with Gasteiger partial charge in [0.1, 0.15) is 0 Å². The van der Waals surface area contributed by atoms with Crippen molar-refractivity contribution < 1.29 is 9.59 Å². The third kappa shape index (κ3) is 5.46. The third-order valence-electron chi connectivity index (χ3n) is 3.77. The SMILES string of the molecule is CN1CCN(CCCNC(=O)C(=O)Nc2ccccc2)CC1. The average molecular weight is 304 g/mol. The van der Waals surface area contributed by atoms with Gasteiger partial charge in [-0.3, -0.25) is 9.59 Å². The monoisotopic (exact) mass is 304 g/mol.